The van der Waals surface area contributed by atoms with Crippen LogP contribution in [0.2, 0.25) is 0 Å². The first-order valence-corrected chi connectivity index (χ1v) is 15.6. The van der Waals surface area contributed by atoms with Gasteiger partial charge in [-0.05, 0) is 55.8 Å². The van der Waals surface area contributed by atoms with E-state index < -0.39 is 24.4 Å². The third-order valence-corrected chi connectivity index (χ3v) is 9.08. The molecule has 7 nitrogen and oxygen atoms in total. The zero-order valence-electron chi connectivity index (χ0n) is 27.2. The summed E-state index contributed by atoms with van der Waals surface area (Å²) in [5.74, 6) is 0.482. The maximum atomic E-state index is 12.0. The van der Waals surface area contributed by atoms with Crippen molar-refractivity contribution >= 4 is 12.1 Å². The lowest BCUT2D eigenvalue weighted by molar-refractivity contribution is -0.165. The van der Waals surface area contributed by atoms with E-state index in [2.05, 4.69) is 46.8 Å². The van der Waals surface area contributed by atoms with Crippen LogP contribution < -0.4 is 5.73 Å². The van der Waals surface area contributed by atoms with E-state index in [-0.39, 0.29) is 47.6 Å². The van der Waals surface area contributed by atoms with E-state index in [1.165, 1.54) is 5.57 Å². The van der Waals surface area contributed by atoms with Crippen molar-refractivity contribution in [1.29, 1.82) is 0 Å². The van der Waals surface area contributed by atoms with Crippen molar-refractivity contribution in [3.63, 3.8) is 0 Å². The number of carbonyl (C=O) groups is 2. The van der Waals surface area contributed by atoms with Gasteiger partial charge in [-0.3, -0.25) is 4.79 Å². The Morgan fingerprint density at radius 1 is 1.02 bits per heavy atom. The van der Waals surface area contributed by atoms with Gasteiger partial charge < -0.3 is 25.4 Å². The molecule has 1 rings (SSSR count). The molecule has 0 saturated carbocycles. The first-order valence-electron chi connectivity index (χ1n) is 15.6. The third kappa shape index (κ3) is 12.3. The third-order valence-electron chi connectivity index (χ3n) is 9.08. The van der Waals surface area contributed by atoms with Gasteiger partial charge in [0.15, 0.2) is 0 Å². The molecule has 1 aliphatic heterocycles. The summed E-state index contributed by atoms with van der Waals surface area (Å²) >= 11 is 0. The molecule has 0 aliphatic carbocycles. The van der Waals surface area contributed by atoms with Gasteiger partial charge in [0.1, 0.15) is 12.2 Å². The molecule has 1 saturated heterocycles. The number of hydrogen-bond acceptors (Lipinski definition) is 6. The summed E-state index contributed by atoms with van der Waals surface area (Å²) in [4.78, 5) is 23.5. The van der Waals surface area contributed by atoms with Crippen molar-refractivity contribution in [3.8, 4) is 0 Å². The topological polar surface area (TPSA) is 119 Å². The Morgan fingerprint density at radius 3 is 2.24 bits per heavy atom. The Labute approximate surface area is 249 Å². The van der Waals surface area contributed by atoms with Crippen LogP contribution in [0.25, 0.3) is 0 Å². The SMILES string of the molecule is CC/C=C\[C@H](C)[C@H](OC(N)=O)[C@@H](C)[C@H](O)[C@@H](C)C/C(C)=C\[C@H](C)[C@@H](C)[C@@H](C)/C=C\[C@@H](O)C[C@@H]1OC(=O)[C@H](C)C[C@H]1C. The first-order chi connectivity index (χ1) is 19.1. The average molecular weight is 578 g/mol. The van der Waals surface area contributed by atoms with Crippen molar-refractivity contribution in [3.05, 3.63) is 36.0 Å². The number of allylic oxidation sites excluding steroid dienone is 4. The van der Waals surface area contributed by atoms with Gasteiger partial charge in [-0.2, -0.15) is 0 Å². The Hall–Kier alpha value is -2.12. The molecule has 1 fully saturated rings. The number of rotatable bonds is 16. The second-order valence-corrected chi connectivity index (χ2v) is 13.0. The Balaban J connectivity index is 2.73. The zero-order valence-corrected chi connectivity index (χ0v) is 27.2. The lowest BCUT2D eigenvalue weighted by Gasteiger charge is -2.33. The minimum absolute atomic E-state index is 0.0307. The molecule has 41 heavy (non-hydrogen) atoms. The number of ether oxygens (including phenoxy) is 2. The number of aliphatic hydroxyl groups is 2. The smallest absolute Gasteiger partial charge is 0.404 e. The molecule has 7 heteroatoms. The molecule has 1 amide bonds. The molecule has 0 aromatic carbocycles. The molecule has 236 valence electrons. The first kappa shape index (κ1) is 36.9. The van der Waals surface area contributed by atoms with Crippen molar-refractivity contribution in [2.75, 3.05) is 0 Å². The molecule has 4 N–H and O–H groups in total. The number of carbonyl (C=O) groups excluding carboxylic acids is 2. The molecule has 1 heterocycles. The van der Waals surface area contributed by atoms with E-state index in [0.29, 0.717) is 18.3 Å². The summed E-state index contributed by atoms with van der Waals surface area (Å²) in [6.07, 6.45) is 10.1. The summed E-state index contributed by atoms with van der Waals surface area (Å²) in [5, 5.41) is 21.8. The zero-order chi connectivity index (χ0) is 31.4. The predicted molar refractivity (Wildman–Crippen MR) is 166 cm³/mol. The largest absolute Gasteiger partial charge is 0.462 e. The van der Waals surface area contributed by atoms with Crippen LogP contribution >= 0.6 is 0 Å². The second-order valence-electron chi connectivity index (χ2n) is 13.0. The van der Waals surface area contributed by atoms with Crippen LogP contribution in [-0.4, -0.2) is 46.7 Å². The number of hydrogen-bond donors (Lipinski definition) is 3. The van der Waals surface area contributed by atoms with Gasteiger partial charge in [-0.15, -0.1) is 0 Å². The van der Waals surface area contributed by atoms with Crippen LogP contribution in [0.15, 0.2) is 36.0 Å². The van der Waals surface area contributed by atoms with Crippen LogP contribution in [0.4, 0.5) is 4.79 Å². The van der Waals surface area contributed by atoms with Crippen LogP contribution in [0.5, 0.6) is 0 Å². The number of esters is 1. The Kier molecular flexibility index (Phi) is 16.0. The van der Waals surface area contributed by atoms with Crippen LogP contribution in [-0.2, 0) is 14.3 Å². The van der Waals surface area contributed by atoms with Crippen LogP contribution in [0, 0.1) is 47.3 Å². The van der Waals surface area contributed by atoms with Crippen molar-refractivity contribution in [2.45, 2.75) is 119 Å². The van der Waals surface area contributed by atoms with E-state index in [0.717, 1.165) is 19.3 Å². The van der Waals surface area contributed by atoms with Crippen LogP contribution in [0.1, 0.15) is 94.9 Å². The van der Waals surface area contributed by atoms with Gasteiger partial charge in [-0.1, -0.05) is 98.3 Å². The number of aliphatic hydroxyl groups excluding tert-OH is 2. The summed E-state index contributed by atoms with van der Waals surface area (Å²) in [7, 11) is 0. The van der Waals surface area contributed by atoms with E-state index >= 15 is 0 Å². The molecule has 0 radical (unpaired) electrons. The van der Waals surface area contributed by atoms with Crippen molar-refractivity contribution < 1.29 is 29.3 Å². The lowest BCUT2D eigenvalue weighted by atomic mass is 9.80. The molecular weight excluding hydrogens is 518 g/mol. The minimum Gasteiger partial charge on any atom is -0.462 e. The molecule has 0 unspecified atom stereocenters. The molecule has 1 aliphatic rings. The van der Waals surface area contributed by atoms with Crippen LogP contribution in [0.3, 0.4) is 0 Å². The molecule has 0 bridgehead atoms. The molecule has 0 aromatic rings. The Bertz CT molecular complexity index is 898. The fourth-order valence-corrected chi connectivity index (χ4v) is 6.04. The fraction of sp³-hybridized carbons (Fsp3) is 0.765. The monoisotopic (exact) mass is 577 g/mol. The summed E-state index contributed by atoms with van der Waals surface area (Å²) in [5.41, 5.74) is 6.55. The highest BCUT2D eigenvalue weighted by Gasteiger charge is 2.34. The van der Waals surface area contributed by atoms with E-state index in [1.54, 1.807) is 0 Å². The summed E-state index contributed by atoms with van der Waals surface area (Å²) in [6.45, 7) is 20.6. The van der Waals surface area contributed by atoms with Gasteiger partial charge in [0.25, 0.3) is 0 Å². The number of cyclic esters (lactones) is 1. The van der Waals surface area contributed by atoms with Gasteiger partial charge in [0.2, 0.25) is 0 Å². The lowest BCUT2D eigenvalue weighted by Crippen LogP contribution is -2.41. The predicted octanol–water partition coefficient (Wildman–Crippen LogP) is 6.83. The standard InChI is InChI=1S/C34H59NO6/c1-11-12-13-22(4)32(41-34(35)39)28(10)31(37)25(7)17-20(2)16-23(5)27(9)21(3)14-15-29(36)19-30-24(6)18-26(8)33(38)40-30/h12-16,21-32,36-37H,11,17-19H2,1-10H3,(H2,35,39)/b13-12-,15-14-,20-16-/t21-,22-,23-,24+,25-,26+,27-,28-,29+,30-,31+,32-/m0/s1. The highest BCUT2D eigenvalue weighted by atomic mass is 16.6. The van der Waals surface area contributed by atoms with Crippen molar-refractivity contribution in [1.82, 2.24) is 0 Å². The number of primary amides is 1. The molecule has 12 atom stereocenters. The van der Waals surface area contributed by atoms with E-state index in [4.69, 9.17) is 15.2 Å². The maximum Gasteiger partial charge on any atom is 0.404 e. The molecular formula is C34H59NO6. The van der Waals surface area contributed by atoms with Gasteiger partial charge in [0, 0.05) is 18.3 Å². The summed E-state index contributed by atoms with van der Waals surface area (Å²) in [6, 6.07) is 0. The number of nitrogens with two attached hydrogens (primary N) is 1. The second kappa shape index (κ2) is 17.7. The molecule has 0 spiro atoms. The fourth-order valence-electron chi connectivity index (χ4n) is 6.04. The van der Waals surface area contributed by atoms with Crippen molar-refractivity contribution in [2.24, 2.45) is 53.1 Å². The van der Waals surface area contributed by atoms with Gasteiger partial charge >= 0.3 is 12.1 Å². The van der Waals surface area contributed by atoms with Gasteiger partial charge in [-0.25, -0.2) is 4.79 Å². The van der Waals surface area contributed by atoms with Gasteiger partial charge in [0.05, 0.1) is 18.1 Å². The highest BCUT2D eigenvalue weighted by Crippen LogP contribution is 2.31. The summed E-state index contributed by atoms with van der Waals surface area (Å²) < 4.78 is 11.0. The van der Waals surface area contributed by atoms with E-state index in [1.807, 2.05) is 52.8 Å². The number of amides is 1. The normalized spacial score (nSPS) is 27.0. The maximum absolute atomic E-state index is 12.0. The average Bonchev–Trinajstić information content (AvgIpc) is 2.90. The quantitative estimate of drug-likeness (QED) is 0.137. The van der Waals surface area contributed by atoms with E-state index in [9.17, 15) is 19.8 Å². The Morgan fingerprint density at radius 2 is 1.66 bits per heavy atom. The minimum atomic E-state index is -0.824. The highest BCUT2D eigenvalue weighted by molar-refractivity contribution is 5.73. The molecule has 0 aromatic heterocycles.